The van der Waals surface area contributed by atoms with Gasteiger partial charge < -0.3 is 5.11 Å². The highest BCUT2D eigenvalue weighted by molar-refractivity contribution is 7.86. The molecule has 1 fully saturated rings. The summed E-state index contributed by atoms with van der Waals surface area (Å²) in [5, 5.41) is 8.82. The molecule has 0 amide bonds. The molecule has 7 heteroatoms. The number of hydrogen-bond donors (Lipinski definition) is 1. The monoisotopic (exact) mass is 340 g/mol. The Morgan fingerprint density at radius 2 is 1.87 bits per heavy atom. The van der Waals surface area contributed by atoms with Crippen LogP contribution in [0.25, 0.3) is 0 Å². The van der Waals surface area contributed by atoms with Gasteiger partial charge in [0.15, 0.2) is 0 Å². The zero-order chi connectivity index (χ0) is 16.9. The maximum absolute atomic E-state index is 12.6. The Hall–Kier alpha value is -1.44. The van der Waals surface area contributed by atoms with Crippen LogP contribution in [0, 0.1) is 5.92 Å². The first-order valence-electron chi connectivity index (χ1n) is 7.86. The third-order valence-electron chi connectivity index (χ3n) is 4.32. The van der Waals surface area contributed by atoms with Gasteiger partial charge in [0.25, 0.3) is 10.2 Å². The van der Waals surface area contributed by atoms with E-state index in [1.807, 2.05) is 30.3 Å². The van der Waals surface area contributed by atoms with E-state index in [9.17, 15) is 13.2 Å². The lowest BCUT2D eigenvalue weighted by molar-refractivity contribution is -0.138. The van der Waals surface area contributed by atoms with Gasteiger partial charge in [0.1, 0.15) is 0 Å². The number of carboxylic acid groups (broad SMARTS) is 1. The molecule has 0 bridgehead atoms. The van der Waals surface area contributed by atoms with Crippen molar-refractivity contribution in [1.82, 2.24) is 8.61 Å². The van der Waals surface area contributed by atoms with Crippen molar-refractivity contribution in [2.75, 3.05) is 26.7 Å². The van der Waals surface area contributed by atoms with Crippen LogP contribution in [0.3, 0.4) is 0 Å². The van der Waals surface area contributed by atoms with Crippen molar-refractivity contribution < 1.29 is 18.3 Å². The van der Waals surface area contributed by atoms with Gasteiger partial charge in [0.2, 0.25) is 0 Å². The standard InChI is InChI=1S/C16H24N2O4S/c1-17(10-7-14-5-3-2-4-6-14)23(21,22)18-11-8-15(9-12-18)13-16(19)20/h2-6,15H,7-13H2,1H3,(H,19,20). The number of hydrogen-bond acceptors (Lipinski definition) is 3. The molecular weight excluding hydrogens is 316 g/mol. The lowest BCUT2D eigenvalue weighted by Crippen LogP contribution is -2.46. The molecule has 23 heavy (non-hydrogen) atoms. The second-order valence-electron chi connectivity index (χ2n) is 6.01. The molecule has 0 spiro atoms. The number of piperidine rings is 1. The van der Waals surface area contributed by atoms with Gasteiger partial charge in [-0.15, -0.1) is 0 Å². The lowest BCUT2D eigenvalue weighted by atomic mass is 9.95. The number of benzene rings is 1. The van der Waals surface area contributed by atoms with E-state index in [0.29, 0.717) is 38.9 Å². The van der Waals surface area contributed by atoms with Crippen LogP contribution in [-0.2, 0) is 21.4 Å². The predicted molar refractivity (Wildman–Crippen MR) is 88.2 cm³/mol. The summed E-state index contributed by atoms with van der Waals surface area (Å²) in [6.07, 6.45) is 2.01. The number of rotatable bonds is 7. The van der Waals surface area contributed by atoms with Gasteiger partial charge in [-0.3, -0.25) is 4.79 Å². The van der Waals surface area contributed by atoms with Crippen LogP contribution in [0.2, 0.25) is 0 Å². The Morgan fingerprint density at radius 3 is 2.43 bits per heavy atom. The molecule has 6 nitrogen and oxygen atoms in total. The van der Waals surface area contributed by atoms with Crippen molar-refractivity contribution in [1.29, 1.82) is 0 Å². The molecule has 1 aromatic rings. The second-order valence-corrected chi connectivity index (χ2v) is 8.04. The summed E-state index contributed by atoms with van der Waals surface area (Å²) in [5.41, 5.74) is 1.11. The SMILES string of the molecule is CN(CCc1ccccc1)S(=O)(=O)N1CCC(CC(=O)O)CC1. The van der Waals surface area contributed by atoms with Gasteiger partial charge in [0, 0.05) is 33.1 Å². The third kappa shape index (κ3) is 5.02. The predicted octanol–water partition coefficient (Wildman–Crippen LogP) is 1.59. The van der Waals surface area contributed by atoms with Crippen LogP contribution >= 0.6 is 0 Å². The minimum absolute atomic E-state index is 0.0774. The Labute approximate surface area is 137 Å². The van der Waals surface area contributed by atoms with E-state index < -0.39 is 16.2 Å². The largest absolute Gasteiger partial charge is 0.481 e. The molecule has 1 aromatic carbocycles. The molecule has 0 unspecified atom stereocenters. The molecule has 0 saturated carbocycles. The van der Waals surface area contributed by atoms with Crippen molar-refractivity contribution in [2.24, 2.45) is 5.92 Å². The number of likely N-dealkylation sites (N-methyl/N-ethyl adjacent to an activating group) is 1. The molecule has 0 aliphatic carbocycles. The molecule has 1 heterocycles. The Bertz CT molecular complexity index is 610. The van der Waals surface area contributed by atoms with E-state index in [1.165, 1.54) is 8.61 Å². The molecule has 1 aliphatic rings. The highest BCUT2D eigenvalue weighted by atomic mass is 32.2. The minimum Gasteiger partial charge on any atom is -0.481 e. The zero-order valence-corrected chi connectivity index (χ0v) is 14.2. The average Bonchev–Trinajstić information content (AvgIpc) is 2.53. The smallest absolute Gasteiger partial charge is 0.303 e. The first-order valence-corrected chi connectivity index (χ1v) is 9.26. The molecule has 1 aliphatic heterocycles. The van der Waals surface area contributed by atoms with Crippen LogP contribution in [0.1, 0.15) is 24.8 Å². The quantitative estimate of drug-likeness (QED) is 0.818. The van der Waals surface area contributed by atoms with Crippen molar-refractivity contribution in [2.45, 2.75) is 25.7 Å². The highest BCUT2D eigenvalue weighted by Gasteiger charge is 2.31. The van der Waals surface area contributed by atoms with Gasteiger partial charge in [0.05, 0.1) is 0 Å². The summed E-state index contributed by atoms with van der Waals surface area (Å²) in [4.78, 5) is 10.7. The molecule has 0 aromatic heterocycles. The first-order chi connectivity index (χ1) is 10.9. The molecule has 0 radical (unpaired) electrons. The van der Waals surface area contributed by atoms with E-state index in [-0.39, 0.29) is 12.3 Å². The molecule has 128 valence electrons. The number of aliphatic carboxylic acids is 1. The van der Waals surface area contributed by atoms with E-state index in [4.69, 9.17) is 5.11 Å². The van der Waals surface area contributed by atoms with Gasteiger partial charge in [-0.1, -0.05) is 30.3 Å². The van der Waals surface area contributed by atoms with Crippen LogP contribution < -0.4 is 0 Å². The van der Waals surface area contributed by atoms with E-state index in [1.54, 1.807) is 7.05 Å². The average molecular weight is 340 g/mol. The van der Waals surface area contributed by atoms with Crippen LogP contribution in [0.15, 0.2) is 30.3 Å². The summed E-state index contributed by atoms with van der Waals surface area (Å²) < 4.78 is 28.0. The van der Waals surface area contributed by atoms with Gasteiger partial charge in [-0.05, 0) is 30.7 Å². The fourth-order valence-electron chi connectivity index (χ4n) is 2.83. The fourth-order valence-corrected chi connectivity index (χ4v) is 4.22. The molecule has 0 atom stereocenters. The summed E-state index contributed by atoms with van der Waals surface area (Å²) in [7, 11) is -1.87. The topological polar surface area (TPSA) is 77.9 Å². The van der Waals surface area contributed by atoms with Crippen molar-refractivity contribution >= 4 is 16.2 Å². The van der Waals surface area contributed by atoms with Gasteiger partial charge in [-0.2, -0.15) is 17.0 Å². The Balaban J connectivity index is 1.87. The summed E-state index contributed by atoms with van der Waals surface area (Å²) in [5.74, 6) is -0.736. The Morgan fingerprint density at radius 1 is 1.26 bits per heavy atom. The first kappa shape index (κ1) is 17.9. The number of carboxylic acids is 1. The number of nitrogens with zero attached hydrogens (tertiary/aromatic N) is 2. The van der Waals surface area contributed by atoms with Gasteiger partial charge >= 0.3 is 5.97 Å². The van der Waals surface area contributed by atoms with Crippen LogP contribution in [-0.4, -0.2) is 54.8 Å². The van der Waals surface area contributed by atoms with Crippen molar-refractivity contribution in [3.8, 4) is 0 Å². The number of carbonyl (C=O) groups is 1. The molecule has 1 N–H and O–H groups in total. The van der Waals surface area contributed by atoms with E-state index >= 15 is 0 Å². The highest BCUT2D eigenvalue weighted by Crippen LogP contribution is 2.23. The lowest BCUT2D eigenvalue weighted by Gasteiger charge is -2.33. The van der Waals surface area contributed by atoms with Crippen LogP contribution in [0.5, 0.6) is 0 Å². The maximum atomic E-state index is 12.6. The fraction of sp³-hybridized carbons (Fsp3) is 0.562. The zero-order valence-electron chi connectivity index (χ0n) is 13.4. The van der Waals surface area contributed by atoms with Gasteiger partial charge in [-0.25, -0.2) is 0 Å². The molecule has 2 rings (SSSR count). The van der Waals surface area contributed by atoms with Crippen molar-refractivity contribution in [3.63, 3.8) is 0 Å². The third-order valence-corrected chi connectivity index (χ3v) is 6.30. The Kier molecular flexibility index (Phi) is 6.15. The normalized spacial score (nSPS) is 17.5. The van der Waals surface area contributed by atoms with E-state index in [2.05, 4.69) is 0 Å². The summed E-state index contributed by atoms with van der Waals surface area (Å²) >= 11 is 0. The van der Waals surface area contributed by atoms with Crippen LogP contribution in [0.4, 0.5) is 0 Å². The molecular formula is C16H24N2O4S. The maximum Gasteiger partial charge on any atom is 0.303 e. The second kappa shape index (κ2) is 7.90. The summed E-state index contributed by atoms with van der Waals surface area (Å²) in [6.45, 7) is 1.23. The molecule has 1 saturated heterocycles. The minimum atomic E-state index is -3.46. The van der Waals surface area contributed by atoms with Crippen molar-refractivity contribution in [3.05, 3.63) is 35.9 Å². The van der Waals surface area contributed by atoms with E-state index in [0.717, 1.165) is 5.56 Å². The summed E-state index contributed by atoms with van der Waals surface area (Å²) in [6, 6.07) is 9.79.